The lowest BCUT2D eigenvalue weighted by Gasteiger charge is -2.37. The maximum absolute atomic E-state index is 14.0. The van der Waals surface area contributed by atoms with Crippen molar-refractivity contribution < 1.29 is 18.7 Å². The maximum Gasteiger partial charge on any atom is 0.254 e. The molecule has 0 radical (unpaired) electrons. The number of carbonyl (C=O) groups is 1. The Hall–Kier alpha value is -1.66. The molecule has 0 aliphatic carbocycles. The SMILES string of the molecule is COc1ccc(C(=O)N2CCCC[C@H]2CCN2CCOCC2)cc1F. The van der Waals surface area contributed by atoms with Gasteiger partial charge in [-0.15, -0.1) is 0 Å². The Morgan fingerprint density at radius 2 is 2.08 bits per heavy atom. The molecule has 2 heterocycles. The second kappa shape index (κ2) is 8.63. The van der Waals surface area contributed by atoms with Gasteiger partial charge >= 0.3 is 0 Å². The Morgan fingerprint density at radius 3 is 2.80 bits per heavy atom. The van der Waals surface area contributed by atoms with Crippen LogP contribution in [-0.2, 0) is 4.74 Å². The number of hydrogen-bond donors (Lipinski definition) is 0. The van der Waals surface area contributed by atoms with E-state index in [4.69, 9.17) is 9.47 Å². The summed E-state index contributed by atoms with van der Waals surface area (Å²) in [5.41, 5.74) is 0.400. The highest BCUT2D eigenvalue weighted by molar-refractivity contribution is 5.94. The number of nitrogens with zero attached hydrogens (tertiary/aromatic N) is 2. The third kappa shape index (κ3) is 4.50. The van der Waals surface area contributed by atoms with E-state index in [0.29, 0.717) is 5.56 Å². The number of likely N-dealkylation sites (tertiary alicyclic amines) is 1. The molecule has 0 bridgehead atoms. The minimum absolute atomic E-state index is 0.0757. The third-order valence-corrected chi connectivity index (χ3v) is 5.17. The van der Waals surface area contributed by atoms with Crippen LogP contribution in [-0.4, -0.2) is 68.3 Å². The summed E-state index contributed by atoms with van der Waals surface area (Å²) in [4.78, 5) is 17.2. The maximum atomic E-state index is 14.0. The van der Waals surface area contributed by atoms with E-state index in [9.17, 15) is 9.18 Å². The number of halogens is 1. The molecule has 3 rings (SSSR count). The number of ether oxygens (including phenoxy) is 2. The van der Waals surface area contributed by atoms with Crippen molar-refractivity contribution in [2.75, 3.05) is 46.5 Å². The Bertz CT molecular complexity index is 590. The summed E-state index contributed by atoms with van der Waals surface area (Å²) in [6.45, 7) is 5.24. The van der Waals surface area contributed by atoms with E-state index < -0.39 is 5.82 Å². The van der Waals surface area contributed by atoms with Crippen LogP contribution < -0.4 is 4.74 Å². The lowest BCUT2D eigenvalue weighted by atomic mass is 9.97. The Balaban J connectivity index is 1.64. The van der Waals surface area contributed by atoms with Crippen LogP contribution in [0.4, 0.5) is 4.39 Å². The average Bonchev–Trinajstić information content (AvgIpc) is 2.67. The fourth-order valence-corrected chi connectivity index (χ4v) is 3.69. The zero-order chi connectivity index (χ0) is 17.6. The van der Waals surface area contributed by atoms with Gasteiger partial charge in [0.15, 0.2) is 11.6 Å². The van der Waals surface area contributed by atoms with Gasteiger partial charge in [0.2, 0.25) is 0 Å². The van der Waals surface area contributed by atoms with Crippen LogP contribution in [0, 0.1) is 5.82 Å². The van der Waals surface area contributed by atoms with E-state index in [1.807, 2.05) is 4.90 Å². The Kier molecular flexibility index (Phi) is 6.26. The van der Waals surface area contributed by atoms with E-state index in [0.717, 1.165) is 65.1 Å². The van der Waals surface area contributed by atoms with Gasteiger partial charge in [-0.1, -0.05) is 0 Å². The number of rotatable bonds is 5. The Labute approximate surface area is 148 Å². The standard InChI is InChI=1S/C19H27FN2O3/c1-24-18-6-5-15(14-17(18)20)19(23)22-8-3-2-4-16(22)7-9-21-10-12-25-13-11-21/h5-6,14,16H,2-4,7-13H2,1H3/t16-/m0/s1. The number of hydrogen-bond acceptors (Lipinski definition) is 4. The van der Waals surface area contributed by atoms with Gasteiger partial charge in [0.05, 0.1) is 20.3 Å². The quantitative estimate of drug-likeness (QED) is 0.818. The van der Waals surface area contributed by atoms with Crippen LogP contribution in [0.25, 0.3) is 0 Å². The molecule has 138 valence electrons. The molecular weight excluding hydrogens is 323 g/mol. The van der Waals surface area contributed by atoms with E-state index in [2.05, 4.69) is 4.90 Å². The molecule has 2 aliphatic rings. The molecule has 0 saturated carbocycles. The molecule has 25 heavy (non-hydrogen) atoms. The summed E-state index contributed by atoms with van der Waals surface area (Å²) in [5.74, 6) is -0.400. The van der Waals surface area contributed by atoms with Gasteiger partial charge in [0.25, 0.3) is 5.91 Å². The highest BCUT2D eigenvalue weighted by Crippen LogP contribution is 2.24. The molecule has 1 atom stereocenters. The zero-order valence-electron chi connectivity index (χ0n) is 14.9. The lowest BCUT2D eigenvalue weighted by Crippen LogP contribution is -2.46. The van der Waals surface area contributed by atoms with Gasteiger partial charge in [-0.05, 0) is 43.9 Å². The lowest BCUT2D eigenvalue weighted by molar-refractivity contribution is 0.0295. The third-order valence-electron chi connectivity index (χ3n) is 5.17. The first-order chi connectivity index (χ1) is 12.2. The smallest absolute Gasteiger partial charge is 0.254 e. The van der Waals surface area contributed by atoms with Crippen LogP contribution in [0.1, 0.15) is 36.0 Å². The van der Waals surface area contributed by atoms with Crippen molar-refractivity contribution in [1.82, 2.24) is 9.80 Å². The first kappa shape index (κ1) is 18.1. The van der Waals surface area contributed by atoms with Crippen LogP contribution in [0.5, 0.6) is 5.75 Å². The van der Waals surface area contributed by atoms with E-state index >= 15 is 0 Å². The molecule has 1 amide bonds. The average molecular weight is 350 g/mol. The molecule has 5 nitrogen and oxygen atoms in total. The van der Waals surface area contributed by atoms with Gasteiger partial charge in [0, 0.05) is 37.8 Å². The van der Waals surface area contributed by atoms with Gasteiger partial charge in [-0.3, -0.25) is 9.69 Å². The number of piperidine rings is 1. The number of benzene rings is 1. The van der Waals surface area contributed by atoms with Gasteiger partial charge < -0.3 is 14.4 Å². The fraction of sp³-hybridized carbons (Fsp3) is 0.632. The number of morpholine rings is 1. The van der Waals surface area contributed by atoms with Crippen molar-refractivity contribution in [2.24, 2.45) is 0 Å². The van der Waals surface area contributed by atoms with E-state index in [1.165, 1.54) is 19.2 Å². The molecule has 1 aromatic rings. The van der Waals surface area contributed by atoms with Crippen molar-refractivity contribution >= 4 is 5.91 Å². The molecule has 2 aliphatic heterocycles. The van der Waals surface area contributed by atoms with Crippen LogP contribution in [0.2, 0.25) is 0 Å². The molecular formula is C19H27FN2O3. The molecule has 2 fully saturated rings. The van der Waals surface area contributed by atoms with Crippen molar-refractivity contribution in [3.8, 4) is 5.75 Å². The normalized spacial score (nSPS) is 22.0. The molecule has 0 aromatic heterocycles. The zero-order valence-corrected chi connectivity index (χ0v) is 14.9. The van der Waals surface area contributed by atoms with Crippen molar-refractivity contribution in [1.29, 1.82) is 0 Å². The second-order valence-electron chi connectivity index (χ2n) is 6.74. The van der Waals surface area contributed by atoms with Crippen molar-refractivity contribution in [3.05, 3.63) is 29.6 Å². The largest absolute Gasteiger partial charge is 0.494 e. The second-order valence-corrected chi connectivity index (χ2v) is 6.74. The minimum Gasteiger partial charge on any atom is -0.494 e. The monoisotopic (exact) mass is 350 g/mol. The van der Waals surface area contributed by atoms with Crippen molar-refractivity contribution in [3.63, 3.8) is 0 Å². The van der Waals surface area contributed by atoms with Gasteiger partial charge in [-0.25, -0.2) is 4.39 Å². The van der Waals surface area contributed by atoms with E-state index in [1.54, 1.807) is 6.07 Å². The highest BCUT2D eigenvalue weighted by Gasteiger charge is 2.28. The summed E-state index contributed by atoms with van der Waals surface area (Å²) in [6, 6.07) is 4.69. The number of amides is 1. The molecule has 6 heteroatoms. The topological polar surface area (TPSA) is 42.0 Å². The van der Waals surface area contributed by atoms with Crippen LogP contribution >= 0.6 is 0 Å². The van der Waals surface area contributed by atoms with Crippen molar-refractivity contribution in [2.45, 2.75) is 31.7 Å². The summed E-state index contributed by atoms with van der Waals surface area (Å²) in [7, 11) is 1.42. The molecule has 2 saturated heterocycles. The molecule has 1 aromatic carbocycles. The van der Waals surface area contributed by atoms with Crippen LogP contribution in [0.3, 0.4) is 0 Å². The summed E-state index contributed by atoms with van der Waals surface area (Å²) in [6.07, 6.45) is 4.14. The summed E-state index contributed by atoms with van der Waals surface area (Å²) < 4.78 is 24.3. The number of methoxy groups -OCH3 is 1. The Morgan fingerprint density at radius 1 is 1.28 bits per heavy atom. The predicted octanol–water partition coefficient (Wildman–Crippen LogP) is 2.55. The van der Waals surface area contributed by atoms with Gasteiger partial charge in [-0.2, -0.15) is 0 Å². The van der Waals surface area contributed by atoms with E-state index in [-0.39, 0.29) is 17.7 Å². The van der Waals surface area contributed by atoms with Gasteiger partial charge in [0.1, 0.15) is 0 Å². The predicted molar refractivity (Wildman–Crippen MR) is 93.5 cm³/mol. The first-order valence-electron chi connectivity index (χ1n) is 9.13. The van der Waals surface area contributed by atoms with Crippen LogP contribution in [0.15, 0.2) is 18.2 Å². The first-order valence-corrected chi connectivity index (χ1v) is 9.13. The fourth-order valence-electron chi connectivity index (χ4n) is 3.69. The highest BCUT2D eigenvalue weighted by atomic mass is 19.1. The summed E-state index contributed by atoms with van der Waals surface area (Å²) >= 11 is 0. The number of carbonyl (C=O) groups excluding carboxylic acids is 1. The molecule has 0 spiro atoms. The summed E-state index contributed by atoms with van der Waals surface area (Å²) in [5, 5.41) is 0. The minimum atomic E-state index is -0.491. The molecule has 0 N–H and O–H groups in total. The molecule has 0 unspecified atom stereocenters.